The molecule has 0 bridgehead atoms. The maximum Gasteiger partial charge on any atom is 0.391 e. The van der Waals surface area contributed by atoms with E-state index in [4.69, 9.17) is 0 Å². The zero-order chi connectivity index (χ0) is 20.0. The molecule has 154 valence electrons. The zero-order valence-electron chi connectivity index (χ0n) is 16.3. The van der Waals surface area contributed by atoms with Gasteiger partial charge in [-0.3, -0.25) is 0 Å². The van der Waals surface area contributed by atoms with Gasteiger partial charge in [-0.05, 0) is 50.3 Å². The van der Waals surface area contributed by atoms with Gasteiger partial charge in [0.05, 0.1) is 12.5 Å². The highest BCUT2D eigenvalue weighted by atomic mass is 19.4. The van der Waals surface area contributed by atoms with E-state index in [-0.39, 0.29) is 18.9 Å². The third-order valence-electron chi connectivity index (χ3n) is 5.39. The van der Waals surface area contributed by atoms with Gasteiger partial charge in [0.15, 0.2) is 5.96 Å². The quantitative estimate of drug-likeness (QED) is 0.446. The van der Waals surface area contributed by atoms with E-state index in [0.717, 1.165) is 18.7 Å². The molecule has 2 N–H and O–H groups in total. The average molecular weight is 394 g/mol. The van der Waals surface area contributed by atoms with Gasteiger partial charge in [-0.2, -0.15) is 13.2 Å². The third-order valence-corrected chi connectivity index (χ3v) is 5.39. The van der Waals surface area contributed by atoms with Crippen LogP contribution >= 0.6 is 0 Å². The number of aliphatic imine (C=N–C) groups is 1. The van der Waals surface area contributed by atoms with Crippen LogP contribution in [0.3, 0.4) is 0 Å². The number of rotatable bonds is 5. The molecule has 1 aromatic carbocycles. The monoisotopic (exact) mass is 394 g/mol. The van der Waals surface area contributed by atoms with Crippen LogP contribution in [-0.4, -0.2) is 37.8 Å². The van der Waals surface area contributed by atoms with Crippen LogP contribution < -0.4 is 15.5 Å². The van der Waals surface area contributed by atoms with Crippen molar-refractivity contribution in [2.75, 3.05) is 24.5 Å². The number of benzene rings is 1. The highest BCUT2D eigenvalue weighted by molar-refractivity contribution is 5.80. The summed E-state index contributed by atoms with van der Waals surface area (Å²) < 4.78 is 38.5. The maximum atomic E-state index is 12.8. The molecule has 4 nitrogen and oxygen atoms in total. The Balaban J connectivity index is 1.57. The van der Waals surface area contributed by atoms with E-state index in [1.807, 2.05) is 13.0 Å². The maximum absolute atomic E-state index is 12.8. The molecular weight excluding hydrogens is 365 g/mol. The van der Waals surface area contributed by atoms with Crippen molar-refractivity contribution in [3.05, 3.63) is 42.0 Å². The second kappa shape index (κ2) is 9.34. The number of hydrogen-bond donors (Lipinski definition) is 2. The molecular formula is C21H29F3N4. The van der Waals surface area contributed by atoms with E-state index < -0.39 is 12.1 Å². The average Bonchev–Trinajstić information content (AvgIpc) is 3.21. The summed E-state index contributed by atoms with van der Waals surface area (Å²) in [6.45, 7) is 5.08. The van der Waals surface area contributed by atoms with Crippen LogP contribution in [0.1, 0.15) is 38.2 Å². The van der Waals surface area contributed by atoms with Gasteiger partial charge in [0.25, 0.3) is 0 Å². The molecule has 0 unspecified atom stereocenters. The first-order valence-corrected chi connectivity index (χ1v) is 10.1. The third kappa shape index (κ3) is 5.66. The molecule has 1 heterocycles. The molecule has 2 aliphatic rings. The Morgan fingerprint density at radius 1 is 1.14 bits per heavy atom. The molecule has 3 rings (SSSR count). The Morgan fingerprint density at radius 3 is 2.50 bits per heavy atom. The highest BCUT2D eigenvalue weighted by Crippen LogP contribution is 2.37. The van der Waals surface area contributed by atoms with Gasteiger partial charge in [0.2, 0.25) is 0 Å². The summed E-state index contributed by atoms with van der Waals surface area (Å²) in [7, 11) is 0. The van der Waals surface area contributed by atoms with Crippen molar-refractivity contribution in [3.8, 4) is 0 Å². The van der Waals surface area contributed by atoms with Crippen molar-refractivity contribution in [2.24, 2.45) is 10.9 Å². The number of guanidine groups is 1. The SMILES string of the molecule is CCNC(=NCc1cccc(N2CC=CC2)c1)NC1CCC(C(F)(F)F)CC1. The molecule has 1 saturated carbocycles. The van der Waals surface area contributed by atoms with Crippen molar-refractivity contribution < 1.29 is 13.2 Å². The van der Waals surface area contributed by atoms with Gasteiger partial charge in [-0.15, -0.1) is 0 Å². The van der Waals surface area contributed by atoms with Crippen molar-refractivity contribution in [2.45, 2.75) is 51.4 Å². The Hall–Kier alpha value is -2.18. The van der Waals surface area contributed by atoms with E-state index in [2.05, 4.69) is 50.9 Å². The Morgan fingerprint density at radius 2 is 1.86 bits per heavy atom. The molecule has 0 amide bonds. The second-order valence-electron chi connectivity index (χ2n) is 7.48. The van der Waals surface area contributed by atoms with Gasteiger partial charge < -0.3 is 15.5 Å². The highest BCUT2D eigenvalue weighted by Gasteiger charge is 2.41. The molecule has 1 fully saturated rings. The number of alkyl halides is 3. The normalized spacial score (nSPS) is 23.1. The minimum absolute atomic E-state index is 0.0402. The molecule has 0 spiro atoms. The summed E-state index contributed by atoms with van der Waals surface area (Å²) in [6, 6.07) is 8.38. The van der Waals surface area contributed by atoms with Crippen LogP contribution in [0.4, 0.5) is 18.9 Å². The minimum atomic E-state index is -4.07. The van der Waals surface area contributed by atoms with Crippen LogP contribution in [0.2, 0.25) is 0 Å². The van der Waals surface area contributed by atoms with Crippen LogP contribution in [0.15, 0.2) is 41.4 Å². The Kier molecular flexibility index (Phi) is 6.86. The smallest absolute Gasteiger partial charge is 0.364 e. The fraction of sp³-hybridized carbons (Fsp3) is 0.571. The number of nitrogens with one attached hydrogen (secondary N) is 2. The van der Waals surface area contributed by atoms with Gasteiger partial charge in [0.1, 0.15) is 0 Å². The Labute approximate surface area is 164 Å². The topological polar surface area (TPSA) is 39.7 Å². The molecule has 0 aromatic heterocycles. The van der Waals surface area contributed by atoms with Crippen LogP contribution in [-0.2, 0) is 6.54 Å². The summed E-state index contributed by atoms with van der Waals surface area (Å²) >= 11 is 0. The summed E-state index contributed by atoms with van der Waals surface area (Å²) in [5.41, 5.74) is 2.29. The summed E-state index contributed by atoms with van der Waals surface area (Å²) in [6.07, 6.45) is 1.66. The second-order valence-corrected chi connectivity index (χ2v) is 7.48. The standard InChI is InChI=1S/C21H29F3N4/c1-2-25-20(27-18-10-8-17(9-11-18)21(22,23)24)26-15-16-6-5-7-19(14-16)28-12-3-4-13-28/h3-7,14,17-18H,2,8-13,15H2,1H3,(H2,25,26,27). The summed E-state index contributed by atoms with van der Waals surface area (Å²) in [5.74, 6) is -0.487. The van der Waals surface area contributed by atoms with E-state index in [9.17, 15) is 13.2 Å². The van der Waals surface area contributed by atoms with Gasteiger partial charge in [0, 0.05) is 31.4 Å². The van der Waals surface area contributed by atoms with E-state index >= 15 is 0 Å². The van der Waals surface area contributed by atoms with Gasteiger partial charge in [-0.1, -0.05) is 24.3 Å². The first-order chi connectivity index (χ1) is 13.5. The first-order valence-electron chi connectivity index (χ1n) is 10.1. The summed E-state index contributed by atoms with van der Waals surface area (Å²) in [4.78, 5) is 6.94. The molecule has 0 radical (unpaired) electrons. The lowest BCUT2D eigenvalue weighted by atomic mass is 9.85. The minimum Gasteiger partial charge on any atom is -0.364 e. The predicted molar refractivity (Wildman–Crippen MR) is 108 cm³/mol. The van der Waals surface area contributed by atoms with Gasteiger partial charge >= 0.3 is 6.18 Å². The number of hydrogen-bond acceptors (Lipinski definition) is 2. The Bertz CT molecular complexity index is 683. The number of halogens is 3. The lowest BCUT2D eigenvalue weighted by Crippen LogP contribution is -2.45. The lowest BCUT2D eigenvalue weighted by molar-refractivity contribution is -0.182. The van der Waals surface area contributed by atoms with Crippen molar-refractivity contribution in [1.82, 2.24) is 10.6 Å². The molecule has 0 atom stereocenters. The lowest BCUT2D eigenvalue weighted by Gasteiger charge is -2.31. The molecule has 0 saturated heterocycles. The van der Waals surface area contributed by atoms with E-state index in [1.54, 1.807) is 0 Å². The zero-order valence-corrected chi connectivity index (χ0v) is 16.3. The fourth-order valence-electron chi connectivity index (χ4n) is 3.79. The fourth-order valence-corrected chi connectivity index (χ4v) is 3.79. The number of nitrogens with zero attached hydrogens (tertiary/aromatic N) is 2. The molecule has 28 heavy (non-hydrogen) atoms. The predicted octanol–water partition coefficient (Wildman–Crippen LogP) is 4.24. The van der Waals surface area contributed by atoms with Crippen LogP contribution in [0.25, 0.3) is 0 Å². The van der Waals surface area contributed by atoms with Crippen molar-refractivity contribution in [1.29, 1.82) is 0 Å². The van der Waals surface area contributed by atoms with E-state index in [0.29, 0.717) is 31.9 Å². The van der Waals surface area contributed by atoms with Gasteiger partial charge in [-0.25, -0.2) is 4.99 Å². The van der Waals surface area contributed by atoms with Crippen LogP contribution in [0.5, 0.6) is 0 Å². The molecule has 7 heteroatoms. The summed E-state index contributed by atoms with van der Waals surface area (Å²) in [5, 5.41) is 6.53. The molecule has 1 aromatic rings. The van der Waals surface area contributed by atoms with E-state index in [1.165, 1.54) is 5.69 Å². The largest absolute Gasteiger partial charge is 0.391 e. The van der Waals surface area contributed by atoms with Crippen molar-refractivity contribution in [3.63, 3.8) is 0 Å². The molecule has 1 aliphatic carbocycles. The van der Waals surface area contributed by atoms with Crippen molar-refractivity contribution >= 4 is 11.6 Å². The first kappa shape index (κ1) is 20.6. The molecule has 1 aliphatic heterocycles. The number of anilines is 1. The van der Waals surface area contributed by atoms with Crippen LogP contribution in [0, 0.1) is 5.92 Å².